The van der Waals surface area contributed by atoms with Gasteiger partial charge >= 0.3 is 0 Å². The molecule has 9 aromatic rings. The van der Waals surface area contributed by atoms with Crippen LogP contribution in [-0.2, 0) is 0 Å². The fraction of sp³-hybridized carbons (Fsp3) is 0. The van der Waals surface area contributed by atoms with Gasteiger partial charge in [0.15, 0.2) is 0 Å². The lowest BCUT2D eigenvalue weighted by Gasteiger charge is -2.30. The zero-order valence-electron chi connectivity index (χ0n) is 26.3. The summed E-state index contributed by atoms with van der Waals surface area (Å²) in [4.78, 5) is 2.40. The summed E-state index contributed by atoms with van der Waals surface area (Å²) in [5.41, 5.74) is 12.1. The van der Waals surface area contributed by atoms with Crippen LogP contribution < -0.4 is 4.90 Å². The van der Waals surface area contributed by atoms with E-state index in [0.29, 0.717) is 0 Å². The molecule has 0 N–H and O–H groups in total. The van der Waals surface area contributed by atoms with Crippen molar-refractivity contribution in [3.8, 4) is 33.4 Å². The topological polar surface area (TPSA) is 16.4 Å². The first-order valence-electron chi connectivity index (χ1n) is 16.4. The van der Waals surface area contributed by atoms with Crippen LogP contribution in [-0.4, -0.2) is 0 Å². The molecule has 9 rings (SSSR count). The molecule has 1 aromatic heterocycles. The summed E-state index contributed by atoms with van der Waals surface area (Å²) in [6, 6.07) is 66.8. The van der Waals surface area contributed by atoms with Crippen LogP contribution >= 0.6 is 0 Å². The van der Waals surface area contributed by atoms with E-state index in [9.17, 15) is 0 Å². The van der Waals surface area contributed by atoms with Crippen LogP contribution in [0.25, 0.3) is 66.1 Å². The van der Waals surface area contributed by atoms with Gasteiger partial charge in [0.1, 0.15) is 11.2 Å². The molecular weight excluding hydrogens is 583 g/mol. The number of fused-ring (bicyclic) bond motifs is 5. The number of para-hydroxylation sites is 3. The summed E-state index contributed by atoms with van der Waals surface area (Å²) in [6.45, 7) is 0. The van der Waals surface area contributed by atoms with Gasteiger partial charge in [-0.1, -0.05) is 152 Å². The Morgan fingerprint density at radius 2 is 0.938 bits per heavy atom. The lowest BCUT2D eigenvalue weighted by molar-refractivity contribution is 0.673. The molecule has 0 saturated heterocycles. The Bertz CT molecular complexity index is 2550. The van der Waals surface area contributed by atoms with E-state index in [1.165, 1.54) is 22.1 Å². The highest BCUT2D eigenvalue weighted by molar-refractivity contribution is 6.19. The van der Waals surface area contributed by atoms with Gasteiger partial charge in [-0.05, 0) is 64.0 Å². The smallest absolute Gasteiger partial charge is 0.143 e. The zero-order valence-corrected chi connectivity index (χ0v) is 26.3. The fourth-order valence-electron chi connectivity index (χ4n) is 7.05. The Labute approximate surface area is 279 Å². The van der Waals surface area contributed by atoms with Crippen molar-refractivity contribution in [2.24, 2.45) is 0 Å². The van der Waals surface area contributed by atoms with Gasteiger partial charge in [-0.25, -0.2) is 0 Å². The molecule has 0 aliphatic heterocycles. The van der Waals surface area contributed by atoms with Crippen molar-refractivity contribution in [1.82, 2.24) is 0 Å². The maximum absolute atomic E-state index is 6.60. The van der Waals surface area contributed by atoms with Gasteiger partial charge in [0, 0.05) is 33.0 Å². The second-order valence-electron chi connectivity index (χ2n) is 12.1. The van der Waals surface area contributed by atoms with Crippen LogP contribution in [0.1, 0.15) is 0 Å². The van der Waals surface area contributed by atoms with Crippen molar-refractivity contribution in [3.05, 3.63) is 188 Å². The predicted octanol–water partition coefficient (Wildman–Crippen LogP) is 13.2. The standard InChI is InChI=1S/C46H31NO/c1-3-14-32(15-4-1)33-26-28-35(29-27-33)37-19-9-11-23-42(37)47(36-17-5-2-6-18-36)43-24-12-10-21-39(43)40-22-13-25-44-45(40)41-31-30-34-16-7-8-20-38(34)46(41)48-44/h1-31H. The highest BCUT2D eigenvalue weighted by Gasteiger charge is 2.22. The number of nitrogens with zero attached hydrogens (tertiary/aromatic N) is 1. The molecule has 0 saturated carbocycles. The molecular formula is C46H31NO. The number of furan rings is 1. The largest absolute Gasteiger partial charge is 0.455 e. The van der Waals surface area contributed by atoms with Gasteiger partial charge in [-0.2, -0.15) is 0 Å². The minimum atomic E-state index is 0.888. The van der Waals surface area contributed by atoms with Crippen LogP contribution in [0.5, 0.6) is 0 Å². The maximum Gasteiger partial charge on any atom is 0.143 e. The Morgan fingerprint density at radius 1 is 0.354 bits per heavy atom. The van der Waals surface area contributed by atoms with Crippen molar-refractivity contribution in [3.63, 3.8) is 0 Å². The minimum absolute atomic E-state index is 0.888. The number of benzene rings is 8. The third kappa shape index (κ3) is 4.74. The van der Waals surface area contributed by atoms with Crippen molar-refractivity contribution in [2.75, 3.05) is 4.90 Å². The molecule has 1 heterocycles. The van der Waals surface area contributed by atoms with E-state index in [-0.39, 0.29) is 0 Å². The molecule has 2 heteroatoms. The van der Waals surface area contributed by atoms with Gasteiger partial charge in [-0.3, -0.25) is 0 Å². The van der Waals surface area contributed by atoms with E-state index in [0.717, 1.165) is 61.1 Å². The Kier molecular flexibility index (Phi) is 6.84. The van der Waals surface area contributed by atoms with E-state index in [1.54, 1.807) is 0 Å². The average Bonchev–Trinajstić information content (AvgIpc) is 3.56. The van der Waals surface area contributed by atoms with Crippen LogP contribution in [0.15, 0.2) is 192 Å². The molecule has 0 radical (unpaired) electrons. The van der Waals surface area contributed by atoms with Crippen LogP contribution in [0.2, 0.25) is 0 Å². The third-order valence-electron chi connectivity index (χ3n) is 9.28. The number of hydrogen-bond donors (Lipinski definition) is 0. The van der Waals surface area contributed by atoms with Gasteiger partial charge in [0.25, 0.3) is 0 Å². The molecule has 0 fully saturated rings. The monoisotopic (exact) mass is 613 g/mol. The van der Waals surface area contributed by atoms with E-state index < -0.39 is 0 Å². The number of rotatable bonds is 6. The molecule has 0 aliphatic rings. The second kappa shape index (κ2) is 11.8. The zero-order chi connectivity index (χ0) is 31.9. The first-order valence-corrected chi connectivity index (χ1v) is 16.4. The lowest BCUT2D eigenvalue weighted by Crippen LogP contribution is -2.12. The van der Waals surface area contributed by atoms with Crippen LogP contribution in [0.3, 0.4) is 0 Å². The number of anilines is 3. The first-order chi connectivity index (χ1) is 23.8. The van der Waals surface area contributed by atoms with Crippen molar-refractivity contribution >= 4 is 49.8 Å². The predicted molar refractivity (Wildman–Crippen MR) is 202 cm³/mol. The molecule has 0 unspecified atom stereocenters. The fourth-order valence-corrected chi connectivity index (χ4v) is 7.05. The van der Waals surface area contributed by atoms with Crippen molar-refractivity contribution in [1.29, 1.82) is 0 Å². The highest BCUT2D eigenvalue weighted by Crippen LogP contribution is 2.47. The van der Waals surface area contributed by atoms with E-state index >= 15 is 0 Å². The van der Waals surface area contributed by atoms with Crippen LogP contribution in [0.4, 0.5) is 17.1 Å². The Morgan fingerprint density at radius 3 is 1.73 bits per heavy atom. The molecule has 2 nitrogen and oxygen atoms in total. The van der Waals surface area contributed by atoms with Gasteiger partial charge in [0.2, 0.25) is 0 Å². The second-order valence-corrected chi connectivity index (χ2v) is 12.1. The molecule has 0 bridgehead atoms. The van der Waals surface area contributed by atoms with Crippen LogP contribution in [0, 0.1) is 0 Å². The molecule has 8 aromatic carbocycles. The third-order valence-corrected chi connectivity index (χ3v) is 9.28. The highest BCUT2D eigenvalue weighted by atomic mass is 16.3. The molecule has 48 heavy (non-hydrogen) atoms. The average molecular weight is 614 g/mol. The summed E-state index contributed by atoms with van der Waals surface area (Å²) < 4.78 is 6.60. The minimum Gasteiger partial charge on any atom is -0.455 e. The van der Waals surface area contributed by atoms with Gasteiger partial charge in [-0.15, -0.1) is 0 Å². The molecule has 0 aliphatic carbocycles. The molecule has 226 valence electrons. The van der Waals surface area contributed by atoms with Crippen molar-refractivity contribution < 1.29 is 4.42 Å². The Balaban J connectivity index is 1.25. The molecule has 0 spiro atoms. The summed E-state index contributed by atoms with van der Waals surface area (Å²) in [7, 11) is 0. The number of hydrogen-bond acceptors (Lipinski definition) is 2. The quantitative estimate of drug-likeness (QED) is 0.185. The summed E-state index contributed by atoms with van der Waals surface area (Å²) in [5, 5.41) is 4.56. The van der Waals surface area contributed by atoms with Gasteiger partial charge < -0.3 is 9.32 Å². The van der Waals surface area contributed by atoms with E-state index in [4.69, 9.17) is 4.42 Å². The van der Waals surface area contributed by atoms with E-state index in [1.807, 2.05) is 0 Å². The van der Waals surface area contributed by atoms with Gasteiger partial charge in [0.05, 0.1) is 11.4 Å². The van der Waals surface area contributed by atoms with Crippen molar-refractivity contribution in [2.45, 2.75) is 0 Å². The normalized spacial score (nSPS) is 11.3. The first kappa shape index (κ1) is 27.9. The molecule has 0 amide bonds. The summed E-state index contributed by atoms with van der Waals surface area (Å²) >= 11 is 0. The Hall–Kier alpha value is -6.38. The summed E-state index contributed by atoms with van der Waals surface area (Å²) in [6.07, 6.45) is 0. The van der Waals surface area contributed by atoms with E-state index in [2.05, 4.69) is 193 Å². The molecule has 0 atom stereocenters. The SMILES string of the molecule is c1ccc(-c2ccc(-c3ccccc3N(c3ccccc3)c3ccccc3-c3cccc4oc5c6ccccc6ccc5c34)cc2)cc1. The lowest BCUT2D eigenvalue weighted by atomic mass is 9.95. The summed E-state index contributed by atoms with van der Waals surface area (Å²) in [5.74, 6) is 0. The maximum atomic E-state index is 6.60.